The first-order valence-electron chi connectivity index (χ1n) is 5.80. The Kier molecular flexibility index (Phi) is 3.84. The molecule has 0 spiro atoms. The van der Waals surface area contributed by atoms with Crippen molar-refractivity contribution in [1.29, 1.82) is 0 Å². The van der Waals surface area contributed by atoms with Crippen LogP contribution in [0, 0.1) is 5.92 Å². The molecular weight excluding hydrogens is 254 g/mol. The summed E-state index contributed by atoms with van der Waals surface area (Å²) in [7, 11) is -3.55. The maximum atomic E-state index is 12.1. The molecule has 0 saturated carbocycles. The van der Waals surface area contributed by atoms with Gasteiger partial charge in [-0.25, -0.2) is 18.1 Å². The van der Waals surface area contributed by atoms with Crippen molar-refractivity contribution in [3.05, 3.63) is 18.3 Å². The van der Waals surface area contributed by atoms with Gasteiger partial charge in [0.1, 0.15) is 5.82 Å². The Morgan fingerprint density at radius 1 is 1.61 bits per heavy atom. The second kappa shape index (κ2) is 5.21. The van der Waals surface area contributed by atoms with Crippen LogP contribution < -0.4 is 10.5 Å². The maximum Gasteiger partial charge on any atom is 0.241 e. The van der Waals surface area contributed by atoms with Gasteiger partial charge < -0.3 is 10.5 Å². The lowest BCUT2D eigenvalue weighted by Gasteiger charge is -2.19. The Morgan fingerprint density at radius 2 is 2.39 bits per heavy atom. The molecule has 0 aliphatic carbocycles. The fourth-order valence-corrected chi connectivity index (χ4v) is 3.29. The van der Waals surface area contributed by atoms with Gasteiger partial charge in [-0.3, -0.25) is 0 Å². The smallest absolute Gasteiger partial charge is 0.241 e. The molecule has 1 fully saturated rings. The zero-order chi connectivity index (χ0) is 13.2. The Bertz CT molecular complexity index is 512. The van der Waals surface area contributed by atoms with E-state index < -0.39 is 10.0 Å². The number of sulfonamides is 1. The van der Waals surface area contributed by atoms with Crippen molar-refractivity contribution in [2.75, 3.05) is 18.9 Å². The zero-order valence-electron chi connectivity index (χ0n) is 10.2. The number of hydrogen-bond acceptors (Lipinski definition) is 5. The molecule has 100 valence electrons. The van der Waals surface area contributed by atoms with Gasteiger partial charge in [-0.15, -0.1) is 0 Å². The van der Waals surface area contributed by atoms with E-state index >= 15 is 0 Å². The SMILES string of the molecule is CC(NS(=O)(=O)c1ccnc(N)c1)C1CCOC1. The van der Waals surface area contributed by atoms with Gasteiger partial charge in [0.15, 0.2) is 0 Å². The van der Waals surface area contributed by atoms with Gasteiger partial charge in [0.2, 0.25) is 10.0 Å². The Labute approximate surface area is 107 Å². The van der Waals surface area contributed by atoms with Gasteiger partial charge in [0.05, 0.1) is 11.5 Å². The molecule has 2 atom stereocenters. The van der Waals surface area contributed by atoms with E-state index in [2.05, 4.69) is 9.71 Å². The minimum atomic E-state index is -3.55. The standard InChI is InChI=1S/C11H17N3O3S/c1-8(9-3-5-17-7-9)14-18(15,16)10-2-4-13-11(12)6-10/h2,4,6,8-9,14H,3,5,7H2,1H3,(H2,12,13). The summed E-state index contributed by atoms with van der Waals surface area (Å²) in [6, 6.07) is 2.61. The predicted molar refractivity (Wildman–Crippen MR) is 67.4 cm³/mol. The van der Waals surface area contributed by atoms with Crippen molar-refractivity contribution in [3.63, 3.8) is 0 Å². The highest BCUT2D eigenvalue weighted by atomic mass is 32.2. The summed E-state index contributed by atoms with van der Waals surface area (Å²) < 4.78 is 32.1. The van der Waals surface area contributed by atoms with Crippen molar-refractivity contribution in [3.8, 4) is 0 Å². The first kappa shape index (κ1) is 13.3. The molecule has 1 saturated heterocycles. The molecular formula is C11H17N3O3S. The largest absolute Gasteiger partial charge is 0.384 e. The third-order valence-electron chi connectivity index (χ3n) is 3.08. The Balaban J connectivity index is 2.11. The molecule has 0 bridgehead atoms. The molecule has 1 aliphatic heterocycles. The van der Waals surface area contributed by atoms with Crippen molar-refractivity contribution in [1.82, 2.24) is 9.71 Å². The Morgan fingerprint density at radius 3 is 3.00 bits per heavy atom. The fraction of sp³-hybridized carbons (Fsp3) is 0.545. The maximum absolute atomic E-state index is 12.1. The van der Waals surface area contributed by atoms with Crippen LogP contribution >= 0.6 is 0 Å². The van der Waals surface area contributed by atoms with Crippen molar-refractivity contribution >= 4 is 15.8 Å². The summed E-state index contributed by atoms with van der Waals surface area (Å²) in [5.74, 6) is 0.411. The molecule has 0 radical (unpaired) electrons. The predicted octanol–water partition coefficient (Wildman–Crippen LogP) is 0.367. The molecule has 2 unspecified atom stereocenters. The Hall–Kier alpha value is -1.18. The van der Waals surface area contributed by atoms with Gasteiger partial charge in [0, 0.05) is 30.8 Å². The lowest BCUT2D eigenvalue weighted by molar-refractivity contribution is 0.180. The third-order valence-corrected chi connectivity index (χ3v) is 4.63. The number of nitrogen functional groups attached to an aromatic ring is 1. The number of ether oxygens (including phenoxy) is 1. The van der Waals surface area contributed by atoms with Crippen LogP contribution in [-0.4, -0.2) is 32.7 Å². The van der Waals surface area contributed by atoms with E-state index in [0.29, 0.717) is 13.2 Å². The van der Waals surface area contributed by atoms with Crippen LogP contribution in [0.15, 0.2) is 23.2 Å². The van der Waals surface area contributed by atoms with Gasteiger partial charge >= 0.3 is 0 Å². The molecule has 0 amide bonds. The second-order valence-electron chi connectivity index (χ2n) is 4.45. The lowest BCUT2D eigenvalue weighted by atomic mass is 10.0. The highest BCUT2D eigenvalue weighted by molar-refractivity contribution is 7.89. The van der Waals surface area contributed by atoms with Gasteiger partial charge in [-0.2, -0.15) is 0 Å². The molecule has 2 heterocycles. The van der Waals surface area contributed by atoms with Crippen LogP contribution in [0.4, 0.5) is 5.82 Å². The first-order chi connectivity index (χ1) is 8.49. The molecule has 0 aromatic carbocycles. The van der Waals surface area contributed by atoms with E-state index in [1.807, 2.05) is 6.92 Å². The van der Waals surface area contributed by atoms with Crippen molar-refractivity contribution in [2.45, 2.75) is 24.3 Å². The second-order valence-corrected chi connectivity index (χ2v) is 6.16. The van der Waals surface area contributed by atoms with Gasteiger partial charge in [-0.05, 0) is 19.4 Å². The average Bonchev–Trinajstić information content (AvgIpc) is 2.82. The summed E-state index contributed by atoms with van der Waals surface area (Å²) >= 11 is 0. The number of hydrogen-bond donors (Lipinski definition) is 2. The van der Waals surface area contributed by atoms with Crippen LogP contribution in [0.1, 0.15) is 13.3 Å². The minimum absolute atomic E-state index is 0.140. The van der Waals surface area contributed by atoms with E-state index in [0.717, 1.165) is 6.42 Å². The average molecular weight is 271 g/mol. The number of rotatable bonds is 4. The number of pyridine rings is 1. The van der Waals surface area contributed by atoms with E-state index in [1.54, 1.807) is 0 Å². The van der Waals surface area contributed by atoms with Crippen LogP contribution in [0.5, 0.6) is 0 Å². The normalized spacial score (nSPS) is 21.9. The number of anilines is 1. The zero-order valence-corrected chi connectivity index (χ0v) is 11.0. The summed E-state index contributed by atoms with van der Waals surface area (Å²) in [6.07, 6.45) is 2.26. The van der Waals surface area contributed by atoms with E-state index in [9.17, 15) is 8.42 Å². The third kappa shape index (κ3) is 2.98. The highest BCUT2D eigenvalue weighted by Crippen LogP contribution is 2.19. The summed E-state index contributed by atoms with van der Waals surface area (Å²) in [4.78, 5) is 3.92. The summed E-state index contributed by atoms with van der Waals surface area (Å²) in [5, 5.41) is 0. The van der Waals surface area contributed by atoms with Crippen molar-refractivity contribution < 1.29 is 13.2 Å². The molecule has 1 aromatic heterocycles. The number of aromatic nitrogens is 1. The van der Waals surface area contributed by atoms with Crippen LogP contribution in [0.25, 0.3) is 0 Å². The van der Waals surface area contributed by atoms with Gasteiger partial charge in [-0.1, -0.05) is 0 Å². The molecule has 6 nitrogen and oxygen atoms in total. The minimum Gasteiger partial charge on any atom is -0.384 e. The monoisotopic (exact) mass is 271 g/mol. The first-order valence-corrected chi connectivity index (χ1v) is 7.29. The quantitative estimate of drug-likeness (QED) is 0.825. The number of nitrogens with two attached hydrogens (primary N) is 1. The molecule has 1 aliphatic rings. The number of nitrogens with zero attached hydrogens (tertiary/aromatic N) is 1. The van der Waals surface area contributed by atoms with Crippen LogP contribution in [-0.2, 0) is 14.8 Å². The molecule has 3 N–H and O–H groups in total. The number of nitrogens with one attached hydrogen (secondary N) is 1. The van der Waals surface area contributed by atoms with E-state index in [4.69, 9.17) is 10.5 Å². The fourth-order valence-electron chi connectivity index (χ4n) is 1.95. The van der Waals surface area contributed by atoms with Crippen LogP contribution in [0.3, 0.4) is 0 Å². The highest BCUT2D eigenvalue weighted by Gasteiger charge is 2.26. The molecule has 2 rings (SSSR count). The lowest BCUT2D eigenvalue weighted by Crippen LogP contribution is -2.38. The van der Waals surface area contributed by atoms with E-state index in [-0.39, 0.29) is 22.7 Å². The van der Waals surface area contributed by atoms with Gasteiger partial charge in [0.25, 0.3) is 0 Å². The molecule has 1 aromatic rings. The van der Waals surface area contributed by atoms with Crippen LogP contribution in [0.2, 0.25) is 0 Å². The summed E-state index contributed by atoms with van der Waals surface area (Å²) in [5.41, 5.74) is 5.48. The molecule has 7 heteroatoms. The topological polar surface area (TPSA) is 94.3 Å². The summed E-state index contributed by atoms with van der Waals surface area (Å²) in [6.45, 7) is 3.14. The van der Waals surface area contributed by atoms with E-state index in [1.165, 1.54) is 18.3 Å². The molecule has 18 heavy (non-hydrogen) atoms. The van der Waals surface area contributed by atoms with Crippen molar-refractivity contribution in [2.24, 2.45) is 5.92 Å².